The smallest absolute Gasteiger partial charge is 0.161 e. The number of hydrogen-bond donors (Lipinski definition) is 1. The molecule has 0 saturated heterocycles. The Kier molecular flexibility index (Phi) is 7.26. The highest BCUT2D eigenvalue weighted by atomic mass is 16.5. The fourth-order valence-electron chi connectivity index (χ4n) is 1.75. The molecule has 0 amide bonds. The zero-order chi connectivity index (χ0) is 13.2. The van der Waals surface area contributed by atoms with Gasteiger partial charge in [0.25, 0.3) is 0 Å². The molecule has 2 N–H and O–H groups in total. The van der Waals surface area contributed by atoms with Crippen molar-refractivity contribution >= 4 is 0 Å². The molecule has 0 bridgehead atoms. The predicted octanol–water partition coefficient (Wildman–Crippen LogP) is 2.35. The third-order valence-corrected chi connectivity index (χ3v) is 2.64. The Morgan fingerprint density at radius 3 is 2.50 bits per heavy atom. The molecular weight excluding hydrogens is 226 g/mol. The highest BCUT2D eigenvalue weighted by Crippen LogP contribution is 2.28. The van der Waals surface area contributed by atoms with E-state index in [1.54, 1.807) is 0 Å². The van der Waals surface area contributed by atoms with Gasteiger partial charge in [0, 0.05) is 5.56 Å². The van der Waals surface area contributed by atoms with Crippen molar-refractivity contribution in [2.24, 2.45) is 0 Å². The first-order chi connectivity index (χ1) is 8.81. The van der Waals surface area contributed by atoms with Crippen molar-refractivity contribution in [2.45, 2.75) is 40.2 Å². The van der Waals surface area contributed by atoms with Gasteiger partial charge in [-0.25, -0.2) is 0 Å². The van der Waals surface area contributed by atoms with Crippen molar-refractivity contribution in [2.75, 3.05) is 19.8 Å². The first-order valence-electron chi connectivity index (χ1n) is 7.02. The summed E-state index contributed by atoms with van der Waals surface area (Å²) in [5, 5.41) is 2.32. The average Bonchev–Trinajstić information content (AvgIpc) is 2.38. The Morgan fingerprint density at radius 1 is 1.00 bits per heavy atom. The first kappa shape index (κ1) is 14.8. The summed E-state index contributed by atoms with van der Waals surface area (Å²) in [7, 11) is 0. The number of quaternary nitrogens is 1. The molecule has 1 rings (SSSR count). The quantitative estimate of drug-likeness (QED) is 0.685. The van der Waals surface area contributed by atoms with Gasteiger partial charge in [-0.1, -0.05) is 13.8 Å². The van der Waals surface area contributed by atoms with Crippen LogP contribution < -0.4 is 14.8 Å². The van der Waals surface area contributed by atoms with Gasteiger partial charge in [-0.05, 0) is 38.0 Å². The minimum atomic E-state index is 0.671. The Morgan fingerprint density at radius 2 is 1.83 bits per heavy atom. The zero-order valence-corrected chi connectivity index (χ0v) is 11.9. The third-order valence-electron chi connectivity index (χ3n) is 2.64. The molecule has 0 fully saturated rings. The Balaban J connectivity index is 2.68. The van der Waals surface area contributed by atoms with E-state index in [-0.39, 0.29) is 0 Å². The van der Waals surface area contributed by atoms with Crippen molar-refractivity contribution in [3.8, 4) is 11.5 Å². The maximum absolute atomic E-state index is 5.68. The van der Waals surface area contributed by atoms with Crippen LogP contribution in [0.2, 0.25) is 0 Å². The van der Waals surface area contributed by atoms with E-state index in [1.807, 2.05) is 13.0 Å². The van der Waals surface area contributed by atoms with Gasteiger partial charge < -0.3 is 14.8 Å². The van der Waals surface area contributed by atoms with E-state index in [0.717, 1.165) is 37.6 Å². The number of benzene rings is 1. The van der Waals surface area contributed by atoms with Crippen LogP contribution in [0.25, 0.3) is 0 Å². The minimum Gasteiger partial charge on any atom is -0.490 e. The number of ether oxygens (including phenoxy) is 2. The van der Waals surface area contributed by atoms with E-state index >= 15 is 0 Å². The monoisotopic (exact) mass is 252 g/mol. The molecule has 3 heteroatoms. The molecule has 0 heterocycles. The molecule has 0 radical (unpaired) electrons. The summed E-state index contributed by atoms with van der Waals surface area (Å²) in [5.74, 6) is 1.73. The van der Waals surface area contributed by atoms with Crippen LogP contribution in [-0.4, -0.2) is 19.8 Å². The summed E-state index contributed by atoms with van der Waals surface area (Å²) in [4.78, 5) is 0. The lowest BCUT2D eigenvalue weighted by atomic mass is 10.2. The Labute approximate surface area is 110 Å². The maximum Gasteiger partial charge on any atom is 0.161 e. The van der Waals surface area contributed by atoms with Gasteiger partial charge in [0.2, 0.25) is 0 Å². The molecular formula is C15H26NO2+. The molecule has 0 aliphatic carbocycles. The first-order valence-corrected chi connectivity index (χ1v) is 7.02. The molecule has 1 aromatic carbocycles. The Bertz CT molecular complexity index is 339. The van der Waals surface area contributed by atoms with Gasteiger partial charge in [-0.3, -0.25) is 0 Å². The minimum absolute atomic E-state index is 0.671. The fourth-order valence-corrected chi connectivity index (χ4v) is 1.75. The lowest BCUT2D eigenvalue weighted by molar-refractivity contribution is -0.670. The van der Waals surface area contributed by atoms with Crippen molar-refractivity contribution in [3.05, 3.63) is 23.8 Å². The van der Waals surface area contributed by atoms with E-state index in [9.17, 15) is 0 Å². The number of nitrogens with two attached hydrogens (primary N) is 1. The topological polar surface area (TPSA) is 35.1 Å². The van der Waals surface area contributed by atoms with Gasteiger partial charge in [0.15, 0.2) is 11.5 Å². The molecule has 0 aliphatic heterocycles. The van der Waals surface area contributed by atoms with E-state index in [0.29, 0.717) is 6.61 Å². The van der Waals surface area contributed by atoms with Crippen LogP contribution in [0.4, 0.5) is 0 Å². The van der Waals surface area contributed by atoms with Crippen molar-refractivity contribution in [3.63, 3.8) is 0 Å². The SMILES string of the molecule is CCC[NH2+]Cc1ccc(OCCC)c(OCC)c1. The maximum atomic E-state index is 5.68. The van der Waals surface area contributed by atoms with Crippen molar-refractivity contribution < 1.29 is 14.8 Å². The van der Waals surface area contributed by atoms with Gasteiger partial charge in [0.1, 0.15) is 6.54 Å². The molecule has 0 spiro atoms. The van der Waals surface area contributed by atoms with Gasteiger partial charge >= 0.3 is 0 Å². The summed E-state index contributed by atoms with van der Waals surface area (Å²) in [6, 6.07) is 6.25. The number of hydrogen-bond acceptors (Lipinski definition) is 2. The van der Waals surface area contributed by atoms with Crippen LogP contribution in [-0.2, 0) is 6.54 Å². The second-order valence-electron chi connectivity index (χ2n) is 4.34. The molecule has 0 saturated carbocycles. The highest BCUT2D eigenvalue weighted by molar-refractivity contribution is 5.42. The van der Waals surface area contributed by atoms with Gasteiger partial charge in [0.05, 0.1) is 19.8 Å². The van der Waals surface area contributed by atoms with Crippen LogP contribution in [0.3, 0.4) is 0 Å². The summed E-state index contributed by atoms with van der Waals surface area (Å²) in [6.07, 6.45) is 2.22. The van der Waals surface area contributed by atoms with E-state index in [4.69, 9.17) is 9.47 Å². The normalized spacial score (nSPS) is 10.4. The van der Waals surface area contributed by atoms with Crippen LogP contribution in [0.15, 0.2) is 18.2 Å². The fraction of sp³-hybridized carbons (Fsp3) is 0.600. The largest absolute Gasteiger partial charge is 0.490 e. The summed E-state index contributed by atoms with van der Waals surface area (Å²) < 4.78 is 11.3. The van der Waals surface area contributed by atoms with Crippen molar-refractivity contribution in [1.82, 2.24) is 0 Å². The molecule has 0 atom stereocenters. The molecule has 3 nitrogen and oxygen atoms in total. The average molecular weight is 252 g/mol. The summed E-state index contributed by atoms with van der Waals surface area (Å²) >= 11 is 0. The zero-order valence-electron chi connectivity index (χ0n) is 11.9. The molecule has 0 unspecified atom stereocenters. The van der Waals surface area contributed by atoms with Gasteiger partial charge in [-0.15, -0.1) is 0 Å². The molecule has 0 aromatic heterocycles. The predicted molar refractivity (Wildman–Crippen MR) is 74.2 cm³/mol. The molecule has 1 aromatic rings. The van der Waals surface area contributed by atoms with Crippen LogP contribution in [0.1, 0.15) is 39.2 Å². The molecule has 18 heavy (non-hydrogen) atoms. The Hall–Kier alpha value is -1.22. The second-order valence-corrected chi connectivity index (χ2v) is 4.34. The summed E-state index contributed by atoms with van der Waals surface area (Å²) in [5.41, 5.74) is 1.29. The van der Waals surface area contributed by atoms with Crippen LogP contribution in [0.5, 0.6) is 11.5 Å². The van der Waals surface area contributed by atoms with Gasteiger partial charge in [-0.2, -0.15) is 0 Å². The number of rotatable bonds is 9. The van der Waals surface area contributed by atoms with Crippen LogP contribution in [0, 0.1) is 0 Å². The van der Waals surface area contributed by atoms with Crippen molar-refractivity contribution in [1.29, 1.82) is 0 Å². The van der Waals surface area contributed by atoms with E-state index in [2.05, 4.69) is 31.3 Å². The van der Waals surface area contributed by atoms with Crippen LogP contribution >= 0.6 is 0 Å². The lowest BCUT2D eigenvalue weighted by Crippen LogP contribution is -2.82. The standard InChI is InChI=1S/C15H25NO2/c1-4-9-16-12-13-7-8-14(18-10-5-2)15(11-13)17-6-3/h7-8,11,16H,4-6,9-10,12H2,1-3H3/p+1. The third kappa shape index (κ3) is 4.96. The lowest BCUT2D eigenvalue weighted by Gasteiger charge is -2.12. The second kappa shape index (κ2) is 8.81. The van der Waals surface area contributed by atoms with E-state index < -0.39 is 0 Å². The highest BCUT2D eigenvalue weighted by Gasteiger charge is 2.07. The molecule has 102 valence electrons. The summed E-state index contributed by atoms with van der Waals surface area (Å²) in [6.45, 7) is 9.88. The molecule has 0 aliphatic rings. The van der Waals surface area contributed by atoms with E-state index in [1.165, 1.54) is 12.0 Å².